The van der Waals surface area contributed by atoms with Crippen molar-refractivity contribution < 1.29 is 33.7 Å². The van der Waals surface area contributed by atoms with Gasteiger partial charge >= 0.3 is 0 Å². The van der Waals surface area contributed by atoms with E-state index < -0.39 is 23.7 Å². The number of carbonyl (C=O) groups excluding carboxylic acids is 3. The van der Waals surface area contributed by atoms with Crippen LogP contribution in [0.2, 0.25) is 0 Å². The predicted octanol–water partition coefficient (Wildman–Crippen LogP) is 5.88. The Labute approximate surface area is 284 Å². The summed E-state index contributed by atoms with van der Waals surface area (Å²) < 4.78 is 21.7. The number of benzene rings is 4. The number of fused-ring (bicyclic) bond motifs is 1. The molecule has 0 radical (unpaired) electrons. The second-order valence-electron chi connectivity index (χ2n) is 12.4. The molecule has 10 heteroatoms. The molecular formula is C39H38FN3O6. The summed E-state index contributed by atoms with van der Waals surface area (Å²) in [6.07, 6.45) is 1.10. The summed E-state index contributed by atoms with van der Waals surface area (Å²) in [6.45, 7) is 3.24. The topological polar surface area (TPSA) is 119 Å². The molecule has 49 heavy (non-hydrogen) atoms. The van der Waals surface area contributed by atoms with Crippen molar-refractivity contribution in [1.82, 2.24) is 15.1 Å². The molecule has 0 saturated carbocycles. The quantitative estimate of drug-likeness (QED) is 0.136. The van der Waals surface area contributed by atoms with Gasteiger partial charge in [0.15, 0.2) is 0 Å². The summed E-state index contributed by atoms with van der Waals surface area (Å²) >= 11 is 0. The molecule has 2 heterocycles. The number of nitrogens with zero attached hydrogens (tertiary/aromatic N) is 2. The summed E-state index contributed by atoms with van der Waals surface area (Å²) in [5.74, 6) is -0.691. The van der Waals surface area contributed by atoms with Gasteiger partial charge in [-0.25, -0.2) is 4.39 Å². The van der Waals surface area contributed by atoms with E-state index in [1.165, 1.54) is 4.90 Å². The predicted molar refractivity (Wildman–Crippen MR) is 183 cm³/mol. The minimum absolute atomic E-state index is 0.0126. The first-order chi connectivity index (χ1) is 23.6. The Balaban J connectivity index is 1.10. The lowest BCUT2D eigenvalue weighted by Crippen LogP contribution is -2.52. The molecule has 1 saturated heterocycles. The highest BCUT2D eigenvalue weighted by atomic mass is 19.1. The molecule has 0 bridgehead atoms. The van der Waals surface area contributed by atoms with Crippen LogP contribution in [0.15, 0.2) is 84.9 Å². The number of amides is 3. The summed E-state index contributed by atoms with van der Waals surface area (Å²) in [5.41, 5.74) is 5.98. The van der Waals surface area contributed by atoms with E-state index in [2.05, 4.69) is 12.2 Å². The van der Waals surface area contributed by atoms with Crippen LogP contribution in [0.3, 0.4) is 0 Å². The summed E-state index contributed by atoms with van der Waals surface area (Å²) in [4.78, 5) is 40.2. The van der Waals surface area contributed by atoms with Crippen LogP contribution in [0, 0.1) is 5.82 Å². The Morgan fingerprint density at radius 1 is 0.898 bits per heavy atom. The van der Waals surface area contributed by atoms with Gasteiger partial charge < -0.3 is 19.8 Å². The SMILES string of the molecule is CCC(=C(c1ccc(O)cc1)c1ccc(OCCN(C)Cc2ccc3c(c2F)CN(C2CCC(=O)NC2=O)C3=O)cc1)c1ccc(O)cc1. The van der Waals surface area contributed by atoms with Crippen LogP contribution in [0.5, 0.6) is 17.2 Å². The van der Waals surface area contributed by atoms with Gasteiger partial charge in [-0.05, 0) is 90.2 Å². The average molecular weight is 664 g/mol. The monoisotopic (exact) mass is 663 g/mol. The van der Waals surface area contributed by atoms with Crippen molar-refractivity contribution in [2.45, 2.75) is 45.3 Å². The molecule has 3 N–H and O–H groups in total. The van der Waals surface area contributed by atoms with Crippen molar-refractivity contribution in [3.05, 3.63) is 124 Å². The number of phenols is 2. The van der Waals surface area contributed by atoms with Gasteiger partial charge in [-0.1, -0.05) is 49.4 Å². The number of ether oxygens (including phenoxy) is 1. The molecular weight excluding hydrogens is 625 g/mol. The van der Waals surface area contributed by atoms with Gasteiger partial charge in [0.1, 0.15) is 35.7 Å². The number of imide groups is 1. The molecule has 2 aliphatic rings. The van der Waals surface area contributed by atoms with Gasteiger partial charge in [-0.15, -0.1) is 0 Å². The highest BCUT2D eigenvalue weighted by Gasteiger charge is 2.40. The molecule has 2 aliphatic heterocycles. The number of phenolic OH excluding ortho intramolecular Hbond substituents is 2. The standard InChI is InChI=1S/C39H38FN3O6/c1-3-31(24-4-11-28(44)12-5-24)36(25-6-13-29(45)14-7-25)26-8-15-30(16-9-26)49-21-20-42(2)22-27-10-17-32-33(37(27)40)23-43(39(32)48)34-18-19-35(46)41-38(34)47/h4-17,34,44-45H,3,18-23H2,1-2H3,(H,41,46,47). The molecule has 6 rings (SSSR count). The van der Waals surface area contributed by atoms with E-state index in [1.807, 2.05) is 60.5 Å². The number of hydrogen-bond acceptors (Lipinski definition) is 7. The lowest BCUT2D eigenvalue weighted by molar-refractivity contribution is -0.136. The van der Waals surface area contributed by atoms with Gasteiger partial charge in [0.05, 0.1) is 6.54 Å². The normalized spacial score (nSPS) is 16.4. The third kappa shape index (κ3) is 7.19. The number of halogens is 1. The fourth-order valence-electron chi connectivity index (χ4n) is 6.51. The first-order valence-electron chi connectivity index (χ1n) is 16.3. The van der Waals surface area contributed by atoms with Crippen LogP contribution in [-0.4, -0.2) is 64.0 Å². The van der Waals surface area contributed by atoms with Crippen molar-refractivity contribution in [2.75, 3.05) is 20.2 Å². The van der Waals surface area contributed by atoms with Crippen LogP contribution >= 0.6 is 0 Å². The number of nitrogens with one attached hydrogen (secondary N) is 1. The van der Waals surface area contributed by atoms with E-state index >= 15 is 4.39 Å². The van der Waals surface area contributed by atoms with Crippen molar-refractivity contribution in [3.8, 4) is 17.2 Å². The molecule has 3 amide bonds. The zero-order chi connectivity index (χ0) is 34.7. The Morgan fingerprint density at radius 3 is 2.12 bits per heavy atom. The third-order valence-electron chi connectivity index (χ3n) is 9.08. The highest BCUT2D eigenvalue weighted by molar-refractivity contribution is 6.05. The first-order valence-corrected chi connectivity index (χ1v) is 16.3. The maximum atomic E-state index is 15.6. The lowest BCUT2D eigenvalue weighted by Gasteiger charge is -2.29. The van der Waals surface area contributed by atoms with E-state index in [4.69, 9.17) is 4.74 Å². The Bertz CT molecular complexity index is 1910. The van der Waals surface area contributed by atoms with Crippen LogP contribution in [-0.2, 0) is 22.7 Å². The number of hydrogen-bond donors (Lipinski definition) is 3. The van der Waals surface area contributed by atoms with Crippen LogP contribution in [0.25, 0.3) is 11.1 Å². The Kier molecular flexibility index (Phi) is 9.77. The molecule has 4 aromatic rings. The summed E-state index contributed by atoms with van der Waals surface area (Å²) in [5, 5.41) is 22.0. The largest absolute Gasteiger partial charge is 0.508 e. The number of aromatic hydroxyl groups is 2. The van der Waals surface area contributed by atoms with Crippen LogP contribution < -0.4 is 10.1 Å². The van der Waals surface area contributed by atoms with Crippen molar-refractivity contribution in [3.63, 3.8) is 0 Å². The molecule has 1 unspecified atom stereocenters. The minimum Gasteiger partial charge on any atom is -0.508 e. The fourth-order valence-corrected chi connectivity index (χ4v) is 6.51. The molecule has 0 aliphatic carbocycles. The van der Waals surface area contributed by atoms with E-state index in [0.717, 1.165) is 34.3 Å². The molecule has 1 atom stereocenters. The second-order valence-corrected chi connectivity index (χ2v) is 12.4. The Morgan fingerprint density at radius 2 is 1.51 bits per heavy atom. The van der Waals surface area contributed by atoms with Crippen molar-refractivity contribution in [1.29, 1.82) is 0 Å². The second kappa shape index (κ2) is 14.3. The zero-order valence-electron chi connectivity index (χ0n) is 27.4. The molecule has 0 spiro atoms. The van der Waals surface area contributed by atoms with Gasteiger partial charge in [0.2, 0.25) is 11.8 Å². The average Bonchev–Trinajstić information content (AvgIpc) is 3.42. The lowest BCUT2D eigenvalue weighted by atomic mass is 9.88. The first kappa shape index (κ1) is 33.4. The molecule has 1 fully saturated rings. The summed E-state index contributed by atoms with van der Waals surface area (Å²) in [7, 11) is 1.87. The van der Waals surface area contributed by atoms with Gasteiger partial charge in [0.25, 0.3) is 5.91 Å². The fraction of sp³-hybridized carbons (Fsp3) is 0.256. The van der Waals surface area contributed by atoms with Crippen LogP contribution in [0.4, 0.5) is 4.39 Å². The number of rotatable bonds is 11. The zero-order valence-corrected chi connectivity index (χ0v) is 27.4. The van der Waals surface area contributed by atoms with E-state index in [0.29, 0.717) is 31.0 Å². The number of likely N-dealkylation sites (N-methyl/N-ethyl adjacent to an activating group) is 1. The molecule has 4 aromatic carbocycles. The van der Waals surface area contributed by atoms with Gasteiger partial charge in [-0.2, -0.15) is 0 Å². The van der Waals surface area contributed by atoms with Gasteiger partial charge in [0, 0.05) is 36.2 Å². The van der Waals surface area contributed by atoms with E-state index in [9.17, 15) is 24.6 Å². The number of piperidine rings is 1. The summed E-state index contributed by atoms with van der Waals surface area (Å²) in [6, 6.07) is 24.5. The van der Waals surface area contributed by atoms with Crippen LogP contribution in [0.1, 0.15) is 64.4 Å². The maximum absolute atomic E-state index is 15.6. The maximum Gasteiger partial charge on any atom is 0.255 e. The molecule has 0 aromatic heterocycles. The minimum atomic E-state index is -0.794. The smallest absolute Gasteiger partial charge is 0.255 e. The molecule has 9 nitrogen and oxygen atoms in total. The number of allylic oxidation sites excluding steroid dienone is 1. The number of carbonyl (C=O) groups is 3. The van der Waals surface area contributed by atoms with Crippen molar-refractivity contribution in [2.24, 2.45) is 0 Å². The highest BCUT2D eigenvalue weighted by Crippen LogP contribution is 2.36. The van der Waals surface area contributed by atoms with E-state index in [1.54, 1.807) is 36.4 Å². The third-order valence-corrected chi connectivity index (χ3v) is 9.08. The van der Waals surface area contributed by atoms with Crippen molar-refractivity contribution >= 4 is 28.9 Å². The van der Waals surface area contributed by atoms with E-state index in [-0.39, 0.29) is 47.9 Å². The molecule has 252 valence electrons. The Hall–Kier alpha value is -5.48. The van der Waals surface area contributed by atoms with Gasteiger partial charge in [-0.3, -0.25) is 24.6 Å².